The van der Waals surface area contributed by atoms with E-state index in [0.717, 1.165) is 25.0 Å². The van der Waals surface area contributed by atoms with Crippen LogP contribution in [0.3, 0.4) is 0 Å². The lowest BCUT2D eigenvalue weighted by Gasteiger charge is -2.29. The highest BCUT2D eigenvalue weighted by molar-refractivity contribution is 7.99. The van der Waals surface area contributed by atoms with Gasteiger partial charge in [-0.25, -0.2) is 0 Å². The number of hydrogen-bond donors (Lipinski definition) is 1. The summed E-state index contributed by atoms with van der Waals surface area (Å²) < 4.78 is 0. The minimum absolute atomic E-state index is 0.346. The molecule has 0 saturated heterocycles. The molecule has 0 spiro atoms. The Labute approximate surface area is 128 Å². The maximum Gasteiger partial charge on any atom is 0.106 e. The van der Waals surface area contributed by atoms with Gasteiger partial charge in [0.2, 0.25) is 0 Å². The molecule has 3 heteroatoms. The van der Waals surface area contributed by atoms with Crippen LogP contribution >= 0.6 is 11.8 Å². The summed E-state index contributed by atoms with van der Waals surface area (Å²) in [7, 11) is 0. The third-order valence-corrected chi connectivity index (χ3v) is 4.47. The second-order valence-electron chi connectivity index (χ2n) is 5.62. The molecule has 0 heterocycles. The highest BCUT2D eigenvalue weighted by Gasteiger charge is 2.27. The van der Waals surface area contributed by atoms with Crippen LogP contribution in [0.25, 0.3) is 0 Å². The van der Waals surface area contributed by atoms with E-state index in [2.05, 4.69) is 63.3 Å². The van der Waals surface area contributed by atoms with Gasteiger partial charge in [0.25, 0.3) is 0 Å². The Balaban J connectivity index is 2.43. The first kappa shape index (κ1) is 17.1. The van der Waals surface area contributed by atoms with Crippen LogP contribution in [0.2, 0.25) is 0 Å². The van der Waals surface area contributed by atoms with Crippen molar-refractivity contribution in [3.8, 4) is 6.07 Å². The Hall–Kier alpha value is -0.980. The lowest BCUT2D eigenvalue weighted by atomic mass is 9.91. The number of nitriles is 1. The SMILES string of the molecule is CCC(C#N)(CCCSc1cccc(C)c1)NC(C)C. The van der Waals surface area contributed by atoms with Crippen LogP contribution in [0.4, 0.5) is 0 Å². The molecule has 110 valence electrons. The zero-order valence-electron chi connectivity index (χ0n) is 13.1. The quantitative estimate of drug-likeness (QED) is 0.564. The predicted octanol–water partition coefficient (Wildman–Crippen LogP) is 4.54. The van der Waals surface area contributed by atoms with Crippen LogP contribution in [0.15, 0.2) is 29.2 Å². The second kappa shape index (κ2) is 8.34. The molecule has 1 N–H and O–H groups in total. The summed E-state index contributed by atoms with van der Waals surface area (Å²) in [6, 6.07) is 11.4. The highest BCUT2D eigenvalue weighted by atomic mass is 32.2. The molecular formula is C17H26N2S. The maximum absolute atomic E-state index is 9.46. The molecule has 0 aromatic heterocycles. The van der Waals surface area contributed by atoms with Crippen molar-refractivity contribution in [2.45, 2.75) is 63.4 Å². The number of nitrogens with zero attached hydrogens (tertiary/aromatic N) is 1. The summed E-state index contributed by atoms with van der Waals surface area (Å²) in [5.41, 5.74) is 0.942. The van der Waals surface area contributed by atoms with Gasteiger partial charge >= 0.3 is 0 Å². The minimum atomic E-state index is -0.360. The maximum atomic E-state index is 9.46. The Morgan fingerprint density at radius 1 is 1.40 bits per heavy atom. The van der Waals surface area contributed by atoms with E-state index in [1.807, 2.05) is 11.8 Å². The molecule has 20 heavy (non-hydrogen) atoms. The van der Waals surface area contributed by atoms with E-state index in [1.54, 1.807) is 0 Å². The zero-order chi connectivity index (χ0) is 15.0. The number of thioether (sulfide) groups is 1. The van der Waals surface area contributed by atoms with Crippen LogP contribution in [0.5, 0.6) is 0 Å². The number of hydrogen-bond acceptors (Lipinski definition) is 3. The van der Waals surface area contributed by atoms with E-state index in [0.29, 0.717) is 6.04 Å². The van der Waals surface area contributed by atoms with Gasteiger partial charge in [0.05, 0.1) is 6.07 Å². The molecule has 0 fully saturated rings. The van der Waals surface area contributed by atoms with Crippen molar-refractivity contribution in [2.24, 2.45) is 0 Å². The molecule has 0 aliphatic carbocycles. The van der Waals surface area contributed by atoms with E-state index < -0.39 is 0 Å². The van der Waals surface area contributed by atoms with Gasteiger partial charge in [0, 0.05) is 10.9 Å². The van der Waals surface area contributed by atoms with Gasteiger partial charge in [-0.1, -0.05) is 24.6 Å². The van der Waals surface area contributed by atoms with Gasteiger partial charge in [-0.15, -0.1) is 11.8 Å². The summed E-state index contributed by atoms with van der Waals surface area (Å²) in [6.07, 6.45) is 2.83. The van der Waals surface area contributed by atoms with Gasteiger partial charge in [-0.2, -0.15) is 5.26 Å². The Kier molecular flexibility index (Phi) is 7.12. The van der Waals surface area contributed by atoms with E-state index >= 15 is 0 Å². The molecule has 0 bridgehead atoms. The summed E-state index contributed by atoms with van der Waals surface area (Å²) in [5, 5.41) is 12.9. The van der Waals surface area contributed by atoms with Crippen molar-refractivity contribution in [3.05, 3.63) is 29.8 Å². The van der Waals surface area contributed by atoms with Gasteiger partial charge in [0.15, 0.2) is 0 Å². The monoisotopic (exact) mass is 290 g/mol. The average Bonchev–Trinajstić information content (AvgIpc) is 2.42. The largest absolute Gasteiger partial charge is 0.297 e. The van der Waals surface area contributed by atoms with E-state index in [-0.39, 0.29) is 5.54 Å². The van der Waals surface area contributed by atoms with Gasteiger partial charge in [-0.05, 0) is 57.9 Å². The highest BCUT2D eigenvalue weighted by Crippen LogP contribution is 2.23. The Bertz CT molecular complexity index is 451. The van der Waals surface area contributed by atoms with E-state index in [1.165, 1.54) is 10.5 Å². The lowest BCUT2D eigenvalue weighted by molar-refractivity contribution is 0.341. The molecule has 1 unspecified atom stereocenters. The van der Waals surface area contributed by atoms with Crippen LogP contribution in [-0.4, -0.2) is 17.3 Å². The predicted molar refractivity (Wildman–Crippen MR) is 88.0 cm³/mol. The van der Waals surface area contributed by atoms with Crippen molar-refractivity contribution in [3.63, 3.8) is 0 Å². The summed E-state index contributed by atoms with van der Waals surface area (Å²) in [6.45, 7) is 8.41. The summed E-state index contributed by atoms with van der Waals surface area (Å²) in [5.74, 6) is 1.06. The van der Waals surface area contributed by atoms with Gasteiger partial charge < -0.3 is 0 Å². The zero-order valence-corrected chi connectivity index (χ0v) is 13.9. The van der Waals surface area contributed by atoms with Crippen molar-refractivity contribution in [1.29, 1.82) is 5.26 Å². The van der Waals surface area contributed by atoms with Crippen molar-refractivity contribution in [2.75, 3.05) is 5.75 Å². The molecule has 0 radical (unpaired) electrons. The molecule has 0 saturated carbocycles. The minimum Gasteiger partial charge on any atom is -0.297 e. The number of rotatable bonds is 8. The van der Waals surface area contributed by atoms with E-state index in [9.17, 15) is 5.26 Å². The Morgan fingerprint density at radius 3 is 2.70 bits per heavy atom. The third-order valence-electron chi connectivity index (χ3n) is 3.39. The summed E-state index contributed by atoms with van der Waals surface area (Å²) >= 11 is 1.88. The molecule has 1 rings (SSSR count). The van der Waals surface area contributed by atoms with E-state index in [4.69, 9.17) is 0 Å². The first-order chi connectivity index (χ1) is 9.51. The molecule has 1 aromatic rings. The summed E-state index contributed by atoms with van der Waals surface area (Å²) in [4.78, 5) is 1.32. The fourth-order valence-electron chi connectivity index (χ4n) is 2.34. The van der Waals surface area contributed by atoms with Crippen LogP contribution in [0, 0.1) is 18.3 Å². The molecule has 1 aromatic carbocycles. The van der Waals surface area contributed by atoms with Crippen LogP contribution < -0.4 is 5.32 Å². The first-order valence-corrected chi connectivity index (χ1v) is 8.38. The van der Waals surface area contributed by atoms with Crippen molar-refractivity contribution < 1.29 is 0 Å². The number of benzene rings is 1. The third kappa shape index (κ3) is 5.56. The van der Waals surface area contributed by atoms with Crippen LogP contribution in [0.1, 0.15) is 45.6 Å². The molecule has 0 aliphatic rings. The molecule has 0 aliphatic heterocycles. The number of aryl methyl sites for hydroxylation is 1. The first-order valence-electron chi connectivity index (χ1n) is 7.40. The molecular weight excluding hydrogens is 264 g/mol. The molecule has 0 amide bonds. The normalized spacial score (nSPS) is 14.0. The van der Waals surface area contributed by atoms with Gasteiger partial charge in [0.1, 0.15) is 5.54 Å². The molecule has 2 nitrogen and oxygen atoms in total. The fourth-order valence-corrected chi connectivity index (χ4v) is 3.31. The topological polar surface area (TPSA) is 35.8 Å². The Morgan fingerprint density at radius 2 is 2.15 bits per heavy atom. The fraction of sp³-hybridized carbons (Fsp3) is 0.588. The number of nitrogens with one attached hydrogen (secondary N) is 1. The second-order valence-corrected chi connectivity index (χ2v) is 6.78. The van der Waals surface area contributed by atoms with Crippen molar-refractivity contribution in [1.82, 2.24) is 5.32 Å². The van der Waals surface area contributed by atoms with Crippen molar-refractivity contribution >= 4 is 11.8 Å². The standard InChI is InChI=1S/C17H26N2S/c1-5-17(13-18,19-14(2)3)10-7-11-20-16-9-6-8-15(4)12-16/h6,8-9,12,14,19H,5,7,10-11H2,1-4H3. The van der Waals surface area contributed by atoms with Crippen LogP contribution in [-0.2, 0) is 0 Å². The average molecular weight is 290 g/mol. The molecule has 1 atom stereocenters. The van der Waals surface area contributed by atoms with Gasteiger partial charge in [-0.3, -0.25) is 5.32 Å². The smallest absolute Gasteiger partial charge is 0.106 e. The lowest BCUT2D eigenvalue weighted by Crippen LogP contribution is -2.47.